The number of hydrogen-bond acceptors (Lipinski definition) is 3. The Kier molecular flexibility index (Phi) is 5.51. The van der Waals surface area contributed by atoms with E-state index in [1.807, 2.05) is 18.2 Å². The van der Waals surface area contributed by atoms with Crippen molar-refractivity contribution < 1.29 is 14.7 Å². The summed E-state index contributed by atoms with van der Waals surface area (Å²) in [5, 5.41) is 13.7. The molecule has 104 valence electrons. The van der Waals surface area contributed by atoms with Crippen LogP contribution < -0.4 is 10.6 Å². The van der Waals surface area contributed by atoms with Gasteiger partial charge in [-0.3, -0.25) is 9.59 Å². The molecule has 3 N–H and O–H groups in total. The van der Waals surface area contributed by atoms with Crippen LogP contribution in [0.25, 0.3) is 0 Å². The summed E-state index contributed by atoms with van der Waals surface area (Å²) in [4.78, 5) is 23.1. The van der Waals surface area contributed by atoms with Gasteiger partial charge in [-0.15, -0.1) is 0 Å². The van der Waals surface area contributed by atoms with E-state index in [2.05, 4.69) is 24.5 Å². The maximum absolute atomic E-state index is 11.6. The van der Waals surface area contributed by atoms with Gasteiger partial charge < -0.3 is 15.7 Å². The van der Waals surface area contributed by atoms with Crippen LogP contribution in [0, 0.1) is 0 Å². The molecule has 1 aromatic rings. The lowest BCUT2D eigenvalue weighted by molar-refractivity contribution is -0.136. The van der Waals surface area contributed by atoms with E-state index in [0.29, 0.717) is 11.6 Å². The molecule has 5 nitrogen and oxygen atoms in total. The summed E-state index contributed by atoms with van der Waals surface area (Å²) in [6.07, 6.45) is 0. The molecule has 0 bridgehead atoms. The molecular formula is C14H20N2O3. The van der Waals surface area contributed by atoms with E-state index in [4.69, 9.17) is 5.11 Å². The number of rotatable bonds is 4. The number of nitrogens with one attached hydrogen (secondary N) is 2. The monoisotopic (exact) mass is 264 g/mol. The van der Waals surface area contributed by atoms with E-state index < -0.39 is 17.9 Å². The Bertz CT molecular complexity index is 458. The Morgan fingerprint density at radius 2 is 1.89 bits per heavy atom. The topological polar surface area (TPSA) is 78.4 Å². The van der Waals surface area contributed by atoms with Gasteiger partial charge in [-0.25, -0.2) is 0 Å². The third-order valence-electron chi connectivity index (χ3n) is 2.67. The van der Waals surface area contributed by atoms with Gasteiger partial charge in [0, 0.05) is 11.7 Å². The maximum atomic E-state index is 11.6. The second-order valence-electron chi connectivity index (χ2n) is 4.79. The number of amides is 2. The Labute approximate surface area is 113 Å². The van der Waals surface area contributed by atoms with Gasteiger partial charge in [-0.1, -0.05) is 26.0 Å². The molecule has 0 aliphatic carbocycles. The molecule has 1 rings (SSSR count). The molecule has 1 atom stereocenters. The molecule has 19 heavy (non-hydrogen) atoms. The van der Waals surface area contributed by atoms with E-state index in [1.165, 1.54) is 0 Å². The average molecular weight is 264 g/mol. The average Bonchev–Trinajstić information content (AvgIpc) is 2.38. The minimum Gasteiger partial charge on any atom is -0.394 e. The zero-order valence-corrected chi connectivity index (χ0v) is 11.4. The highest BCUT2D eigenvalue weighted by molar-refractivity contribution is 6.39. The molecular weight excluding hydrogens is 244 g/mol. The molecule has 0 aliphatic rings. The summed E-state index contributed by atoms with van der Waals surface area (Å²) >= 11 is 0. The fourth-order valence-electron chi connectivity index (χ4n) is 1.50. The van der Waals surface area contributed by atoms with E-state index in [-0.39, 0.29) is 6.61 Å². The van der Waals surface area contributed by atoms with Crippen LogP contribution in [0.4, 0.5) is 5.69 Å². The van der Waals surface area contributed by atoms with Crippen molar-refractivity contribution in [1.82, 2.24) is 5.32 Å². The van der Waals surface area contributed by atoms with Gasteiger partial charge in [-0.05, 0) is 30.5 Å². The highest BCUT2D eigenvalue weighted by Crippen LogP contribution is 2.18. The highest BCUT2D eigenvalue weighted by Gasteiger charge is 2.15. The van der Waals surface area contributed by atoms with Crippen LogP contribution in [-0.4, -0.2) is 29.6 Å². The lowest BCUT2D eigenvalue weighted by Gasteiger charge is -2.12. The first-order valence-corrected chi connectivity index (χ1v) is 6.26. The summed E-state index contributed by atoms with van der Waals surface area (Å²) < 4.78 is 0. The van der Waals surface area contributed by atoms with Crippen molar-refractivity contribution in [3.8, 4) is 0 Å². The number of aliphatic hydroxyl groups excluding tert-OH is 1. The van der Waals surface area contributed by atoms with E-state index in [1.54, 1.807) is 13.0 Å². The summed E-state index contributed by atoms with van der Waals surface area (Å²) in [6.45, 7) is 5.51. The Hall–Kier alpha value is -1.88. The zero-order valence-electron chi connectivity index (χ0n) is 11.4. The van der Waals surface area contributed by atoms with Crippen LogP contribution in [0.1, 0.15) is 32.3 Å². The summed E-state index contributed by atoms with van der Waals surface area (Å²) in [7, 11) is 0. The van der Waals surface area contributed by atoms with E-state index in [9.17, 15) is 9.59 Å². The number of anilines is 1. The lowest BCUT2D eigenvalue weighted by Crippen LogP contribution is -2.42. The van der Waals surface area contributed by atoms with Gasteiger partial charge in [0.15, 0.2) is 0 Å². The van der Waals surface area contributed by atoms with E-state index >= 15 is 0 Å². The standard InChI is InChI=1S/C14H20N2O3/c1-9(2)11-5-4-6-12(7-11)16-14(19)13(18)15-10(3)8-17/h4-7,9-10,17H,8H2,1-3H3,(H,15,18)(H,16,19). The molecule has 0 radical (unpaired) electrons. The van der Waals surface area contributed by atoms with Crippen molar-refractivity contribution in [3.05, 3.63) is 29.8 Å². The predicted octanol–water partition coefficient (Wildman–Crippen LogP) is 1.25. The van der Waals surface area contributed by atoms with Crippen LogP contribution >= 0.6 is 0 Å². The first kappa shape index (κ1) is 15.2. The zero-order chi connectivity index (χ0) is 14.4. The van der Waals surface area contributed by atoms with Gasteiger partial charge in [0.25, 0.3) is 0 Å². The molecule has 0 aromatic heterocycles. The third kappa shape index (κ3) is 4.71. The second-order valence-corrected chi connectivity index (χ2v) is 4.79. The van der Waals surface area contributed by atoms with Crippen molar-refractivity contribution in [3.63, 3.8) is 0 Å². The third-order valence-corrected chi connectivity index (χ3v) is 2.67. The number of carbonyl (C=O) groups is 2. The molecule has 0 heterocycles. The smallest absolute Gasteiger partial charge is 0.313 e. The van der Waals surface area contributed by atoms with Crippen LogP contribution in [0.5, 0.6) is 0 Å². The molecule has 0 saturated carbocycles. The van der Waals surface area contributed by atoms with Crippen molar-refractivity contribution in [2.45, 2.75) is 32.7 Å². The molecule has 2 amide bonds. The SMILES string of the molecule is CC(CO)NC(=O)C(=O)Nc1cccc(C(C)C)c1. The van der Waals surface area contributed by atoms with Crippen LogP contribution in [0.3, 0.4) is 0 Å². The molecule has 0 saturated heterocycles. The number of aliphatic hydroxyl groups is 1. The minimum absolute atomic E-state index is 0.206. The molecule has 1 aromatic carbocycles. The number of benzene rings is 1. The van der Waals surface area contributed by atoms with Gasteiger partial charge >= 0.3 is 11.8 Å². The van der Waals surface area contributed by atoms with Gasteiger partial charge in [0.1, 0.15) is 0 Å². The number of carbonyl (C=O) groups excluding carboxylic acids is 2. The van der Waals surface area contributed by atoms with Gasteiger partial charge in [-0.2, -0.15) is 0 Å². The summed E-state index contributed by atoms with van der Waals surface area (Å²) in [5.74, 6) is -1.14. The predicted molar refractivity (Wildman–Crippen MR) is 73.9 cm³/mol. The van der Waals surface area contributed by atoms with Crippen molar-refractivity contribution in [2.75, 3.05) is 11.9 Å². The van der Waals surface area contributed by atoms with E-state index in [0.717, 1.165) is 5.56 Å². The quantitative estimate of drug-likeness (QED) is 0.716. The lowest BCUT2D eigenvalue weighted by atomic mass is 10.0. The molecule has 1 unspecified atom stereocenters. The Morgan fingerprint density at radius 3 is 2.47 bits per heavy atom. The van der Waals surface area contributed by atoms with Gasteiger partial charge in [0.05, 0.1) is 6.61 Å². The molecule has 0 aliphatic heterocycles. The maximum Gasteiger partial charge on any atom is 0.313 e. The van der Waals surface area contributed by atoms with Crippen molar-refractivity contribution >= 4 is 17.5 Å². The number of hydrogen-bond donors (Lipinski definition) is 3. The first-order valence-electron chi connectivity index (χ1n) is 6.26. The summed E-state index contributed by atoms with van der Waals surface area (Å²) in [5.41, 5.74) is 1.67. The van der Waals surface area contributed by atoms with Crippen LogP contribution in [-0.2, 0) is 9.59 Å². The molecule has 0 fully saturated rings. The van der Waals surface area contributed by atoms with Crippen LogP contribution in [0.15, 0.2) is 24.3 Å². The van der Waals surface area contributed by atoms with Gasteiger partial charge in [0.2, 0.25) is 0 Å². The fraction of sp³-hybridized carbons (Fsp3) is 0.429. The minimum atomic E-state index is -0.753. The summed E-state index contributed by atoms with van der Waals surface area (Å²) in [6, 6.07) is 6.92. The fourth-order valence-corrected chi connectivity index (χ4v) is 1.50. The molecule has 0 spiro atoms. The van der Waals surface area contributed by atoms with Crippen molar-refractivity contribution in [2.24, 2.45) is 0 Å². The normalized spacial score (nSPS) is 12.1. The van der Waals surface area contributed by atoms with Crippen molar-refractivity contribution in [1.29, 1.82) is 0 Å². The van der Waals surface area contributed by atoms with Crippen LogP contribution in [0.2, 0.25) is 0 Å². The Balaban J connectivity index is 2.66. The largest absolute Gasteiger partial charge is 0.394 e. The first-order chi connectivity index (χ1) is 8.93. The molecule has 5 heteroatoms. The Morgan fingerprint density at radius 1 is 1.21 bits per heavy atom. The highest BCUT2D eigenvalue weighted by atomic mass is 16.3. The second kappa shape index (κ2) is 6.89.